The Morgan fingerprint density at radius 2 is 1.85 bits per heavy atom. The van der Waals surface area contributed by atoms with Crippen molar-refractivity contribution in [1.29, 1.82) is 0 Å². The molecule has 0 aliphatic carbocycles. The molecule has 2 heterocycles. The smallest absolute Gasteiger partial charge is 0.274 e. The molecule has 2 N–H and O–H groups in total. The van der Waals surface area contributed by atoms with E-state index in [9.17, 15) is 4.79 Å². The molecule has 0 atom stereocenters. The molecule has 0 saturated carbocycles. The summed E-state index contributed by atoms with van der Waals surface area (Å²) in [6, 6.07) is 16.5. The van der Waals surface area contributed by atoms with Crippen LogP contribution in [0, 0.1) is 6.92 Å². The number of amides is 1. The summed E-state index contributed by atoms with van der Waals surface area (Å²) in [4.78, 5) is 21.0. The number of fused-ring (bicyclic) bond motifs is 1. The second kappa shape index (κ2) is 6.57. The molecule has 2 aromatic carbocycles. The van der Waals surface area contributed by atoms with Crippen molar-refractivity contribution >= 4 is 34.0 Å². The van der Waals surface area contributed by atoms with Gasteiger partial charge in [0.25, 0.3) is 5.91 Å². The van der Waals surface area contributed by atoms with Crippen molar-refractivity contribution in [1.82, 2.24) is 20.2 Å². The molecule has 0 bridgehead atoms. The molecule has 128 valence electrons. The Morgan fingerprint density at radius 3 is 2.58 bits per heavy atom. The van der Waals surface area contributed by atoms with E-state index in [0.29, 0.717) is 16.7 Å². The van der Waals surface area contributed by atoms with E-state index in [2.05, 4.69) is 25.5 Å². The van der Waals surface area contributed by atoms with Gasteiger partial charge in [0.2, 0.25) is 0 Å². The number of aromatic nitrogens is 4. The van der Waals surface area contributed by atoms with E-state index in [-0.39, 0.29) is 11.6 Å². The van der Waals surface area contributed by atoms with Crippen molar-refractivity contribution < 1.29 is 4.79 Å². The van der Waals surface area contributed by atoms with Crippen molar-refractivity contribution in [2.45, 2.75) is 6.92 Å². The highest BCUT2D eigenvalue weighted by Gasteiger charge is 2.12. The van der Waals surface area contributed by atoms with Crippen LogP contribution in [0.25, 0.3) is 22.2 Å². The molecule has 0 unspecified atom stereocenters. The first-order chi connectivity index (χ1) is 12.6. The van der Waals surface area contributed by atoms with Crippen LogP contribution in [-0.2, 0) is 0 Å². The topological polar surface area (TPSA) is 83.6 Å². The van der Waals surface area contributed by atoms with E-state index in [1.54, 1.807) is 18.2 Å². The summed E-state index contributed by atoms with van der Waals surface area (Å²) in [5.74, 6) is 1.04. The molecule has 4 rings (SSSR count). The number of nitrogens with one attached hydrogen (secondary N) is 2. The van der Waals surface area contributed by atoms with E-state index in [0.717, 1.165) is 22.2 Å². The number of H-pyrrole nitrogens is 1. The fourth-order valence-electron chi connectivity index (χ4n) is 2.64. The Labute approximate surface area is 154 Å². The van der Waals surface area contributed by atoms with Crippen LogP contribution in [0.2, 0.25) is 5.15 Å². The fraction of sp³-hybridized carbons (Fsp3) is 0.0526. The Hall–Kier alpha value is -3.25. The zero-order valence-electron chi connectivity index (χ0n) is 13.8. The summed E-state index contributed by atoms with van der Waals surface area (Å²) in [7, 11) is 0. The van der Waals surface area contributed by atoms with E-state index < -0.39 is 0 Å². The van der Waals surface area contributed by atoms with Gasteiger partial charge >= 0.3 is 0 Å². The summed E-state index contributed by atoms with van der Waals surface area (Å²) in [6.07, 6.45) is 0. The molecule has 0 fully saturated rings. The third kappa shape index (κ3) is 3.14. The molecule has 0 radical (unpaired) electrons. The van der Waals surface area contributed by atoms with Gasteiger partial charge in [-0.15, -0.1) is 0 Å². The number of aromatic amines is 1. The number of hydrogen-bond acceptors (Lipinski definition) is 4. The summed E-state index contributed by atoms with van der Waals surface area (Å²) in [6.45, 7) is 1.84. The van der Waals surface area contributed by atoms with Crippen molar-refractivity contribution in [3.05, 3.63) is 71.3 Å². The molecule has 0 aliphatic heterocycles. The predicted octanol–water partition coefficient (Wildman–Crippen LogP) is 4.23. The molecule has 0 aliphatic rings. The molecule has 1 amide bonds. The lowest BCUT2D eigenvalue weighted by Crippen LogP contribution is -2.13. The van der Waals surface area contributed by atoms with Gasteiger partial charge in [-0.25, -0.2) is 9.97 Å². The van der Waals surface area contributed by atoms with E-state index in [1.807, 2.05) is 43.3 Å². The summed E-state index contributed by atoms with van der Waals surface area (Å²) < 4.78 is 0. The highest BCUT2D eigenvalue weighted by molar-refractivity contribution is 6.34. The molecule has 6 nitrogen and oxygen atoms in total. The number of carbonyl (C=O) groups excluding carboxylic acids is 1. The van der Waals surface area contributed by atoms with Gasteiger partial charge in [-0.3, -0.25) is 9.89 Å². The lowest BCUT2D eigenvalue weighted by Gasteiger charge is -2.07. The maximum atomic E-state index is 12.5. The molecule has 2 aromatic heterocycles. The maximum Gasteiger partial charge on any atom is 0.274 e. The first kappa shape index (κ1) is 16.2. The average molecular weight is 364 g/mol. The third-order valence-corrected chi connectivity index (χ3v) is 4.21. The highest BCUT2D eigenvalue weighted by Crippen LogP contribution is 2.23. The van der Waals surface area contributed by atoms with Gasteiger partial charge in [-0.05, 0) is 42.6 Å². The fourth-order valence-corrected chi connectivity index (χ4v) is 2.91. The molecule has 26 heavy (non-hydrogen) atoms. The number of aryl methyl sites for hydroxylation is 1. The molecule has 0 saturated heterocycles. The third-order valence-electron chi connectivity index (χ3n) is 3.92. The van der Waals surface area contributed by atoms with Crippen LogP contribution in [-0.4, -0.2) is 26.1 Å². The van der Waals surface area contributed by atoms with Crippen molar-refractivity contribution in [3.8, 4) is 11.4 Å². The lowest BCUT2D eigenvalue weighted by molar-refractivity contribution is 0.102. The summed E-state index contributed by atoms with van der Waals surface area (Å²) in [5, 5.41) is 11.7. The van der Waals surface area contributed by atoms with Gasteiger partial charge in [0.05, 0.1) is 0 Å². The van der Waals surface area contributed by atoms with Gasteiger partial charge in [0, 0.05) is 16.6 Å². The summed E-state index contributed by atoms with van der Waals surface area (Å²) >= 11 is 6.19. The van der Waals surface area contributed by atoms with Crippen LogP contribution in [0.15, 0.2) is 54.6 Å². The van der Waals surface area contributed by atoms with E-state index in [4.69, 9.17) is 11.6 Å². The number of benzene rings is 2. The first-order valence-corrected chi connectivity index (χ1v) is 8.34. The SMILES string of the molecule is Cc1nc(-c2ccc(NC(=O)c3cc4ccccc4c(Cl)n3)cc2)n[nH]1. The molecular formula is C19H14ClN5O. The zero-order chi connectivity index (χ0) is 18.1. The normalized spacial score (nSPS) is 10.8. The van der Waals surface area contributed by atoms with Crippen LogP contribution >= 0.6 is 11.6 Å². The van der Waals surface area contributed by atoms with Crippen LogP contribution < -0.4 is 5.32 Å². The standard InChI is InChI=1S/C19H14ClN5O/c1-11-21-18(25-24-11)12-6-8-14(9-7-12)22-19(26)16-10-13-4-2-3-5-15(13)17(20)23-16/h2-10H,1H3,(H,22,26)(H,21,24,25). The van der Waals surface area contributed by atoms with Crippen LogP contribution in [0.4, 0.5) is 5.69 Å². The molecule has 0 spiro atoms. The van der Waals surface area contributed by atoms with Crippen molar-refractivity contribution in [3.63, 3.8) is 0 Å². The molecule has 7 heteroatoms. The van der Waals surface area contributed by atoms with Crippen molar-refractivity contribution in [2.75, 3.05) is 5.32 Å². The van der Waals surface area contributed by atoms with Crippen molar-refractivity contribution in [2.24, 2.45) is 0 Å². The minimum Gasteiger partial charge on any atom is -0.321 e. The summed E-state index contributed by atoms with van der Waals surface area (Å²) in [5.41, 5.74) is 1.78. The molecular weight excluding hydrogens is 350 g/mol. The monoisotopic (exact) mass is 363 g/mol. The van der Waals surface area contributed by atoms with Gasteiger partial charge in [-0.1, -0.05) is 35.9 Å². The minimum atomic E-state index is -0.320. The van der Waals surface area contributed by atoms with Crippen LogP contribution in [0.5, 0.6) is 0 Å². The number of halogens is 1. The Balaban J connectivity index is 1.56. The number of pyridine rings is 1. The van der Waals surface area contributed by atoms with Crippen LogP contribution in [0.3, 0.4) is 0 Å². The minimum absolute atomic E-state index is 0.266. The second-order valence-corrected chi connectivity index (χ2v) is 6.15. The molecule has 4 aromatic rings. The maximum absolute atomic E-state index is 12.5. The predicted molar refractivity (Wildman–Crippen MR) is 101 cm³/mol. The second-order valence-electron chi connectivity index (χ2n) is 5.80. The Kier molecular flexibility index (Phi) is 4.10. The lowest BCUT2D eigenvalue weighted by atomic mass is 10.1. The number of rotatable bonds is 3. The average Bonchev–Trinajstić information content (AvgIpc) is 3.09. The van der Waals surface area contributed by atoms with Gasteiger partial charge in [0.1, 0.15) is 16.7 Å². The van der Waals surface area contributed by atoms with Gasteiger partial charge < -0.3 is 5.32 Å². The number of hydrogen-bond donors (Lipinski definition) is 2. The van der Waals surface area contributed by atoms with E-state index >= 15 is 0 Å². The Bertz CT molecular complexity index is 1100. The van der Waals surface area contributed by atoms with Gasteiger partial charge in [0.15, 0.2) is 5.82 Å². The zero-order valence-corrected chi connectivity index (χ0v) is 14.6. The number of nitrogens with zero attached hydrogens (tertiary/aromatic N) is 3. The number of anilines is 1. The highest BCUT2D eigenvalue weighted by atomic mass is 35.5. The van der Waals surface area contributed by atoms with E-state index in [1.165, 1.54) is 0 Å². The quantitative estimate of drug-likeness (QED) is 0.533. The largest absolute Gasteiger partial charge is 0.321 e. The van der Waals surface area contributed by atoms with Crippen LogP contribution in [0.1, 0.15) is 16.3 Å². The number of carbonyl (C=O) groups is 1. The van der Waals surface area contributed by atoms with Gasteiger partial charge in [-0.2, -0.15) is 5.10 Å². The first-order valence-electron chi connectivity index (χ1n) is 7.96. The Morgan fingerprint density at radius 1 is 1.08 bits per heavy atom.